The molecule has 4 N–H and O–H groups in total. The van der Waals surface area contributed by atoms with Gasteiger partial charge in [0, 0.05) is 24.1 Å². The number of pyridine rings is 1. The van der Waals surface area contributed by atoms with Crippen molar-refractivity contribution < 1.29 is 8.42 Å². The minimum Gasteiger partial charge on any atom is -0.308 e. The van der Waals surface area contributed by atoms with E-state index in [-0.39, 0.29) is 10.9 Å². The highest BCUT2D eigenvalue weighted by molar-refractivity contribution is 7.98. The average Bonchev–Trinajstić information content (AvgIpc) is 2.38. The molecule has 0 aliphatic rings. The molecule has 0 saturated heterocycles. The van der Waals surface area contributed by atoms with Gasteiger partial charge in [-0.05, 0) is 18.7 Å². The molecule has 1 unspecified atom stereocenters. The van der Waals surface area contributed by atoms with Crippen LogP contribution in [0.2, 0.25) is 0 Å². The van der Waals surface area contributed by atoms with Crippen LogP contribution in [0.15, 0.2) is 23.2 Å². The van der Waals surface area contributed by atoms with Gasteiger partial charge in [0.1, 0.15) is 5.82 Å². The third-order valence-electron chi connectivity index (χ3n) is 2.37. The highest BCUT2D eigenvalue weighted by atomic mass is 32.2. The van der Waals surface area contributed by atoms with Crippen LogP contribution >= 0.6 is 11.8 Å². The highest BCUT2D eigenvalue weighted by Crippen LogP contribution is 2.13. The summed E-state index contributed by atoms with van der Waals surface area (Å²) in [5.41, 5.74) is 2.32. The summed E-state index contributed by atoms with van der Waals surface area (Å²) in [6.45, 7) is 1.95. The first-order valence-corrected chi connectivity index (χ1v) is 8.35. The molecule has 102 valence electrons. The smallest absolute Gasteiger partial charge is 0.241 e. The Kier molecular flexibility index (Phi) is 5.86. The van der Waals surface area contributed by atoms with E-state index in [4.69, 9.17) is 5.84 Å². The summed E-state index contributed by atoms with van der Waals surface area (Å²) in [5.74, 6) is 6.26. The Morgan fingerprint density at radius 3 is 2.83 bits per heavy atom. The topological polar surface area (TPSA) is 97.1 Å². The SMILES string of the molecule is CCC(CSC)NS(=O)(=O)c1ccnc(NN)c1. The van der Waals surface area contributed by atoms with Gasteiger partial charge in [0.05, 0.1) is 4.90 Å². The van der Waals surface area contributed by atoms with Gasteiger partial charge >= 0.3 is 0 Å². The Morgan fingerprint density at radius 2 is 2.28 bits per heavy atom. The maximum atomic E-state index is 12.1. The molecule has 0 fully saturated rings. The molecule has 1 rings (SSSR count). The molecule has 1 aromatic rings. The number of rotatable bonds is 7. The number of aromatic nitrogens is 1. The van der Waals surface area contributed by atoms with E-state index in [0.29, 0.717) is 5.82 Å². The first-order chi connectivity index (χ1) is 8.53. The van der Waals surface area contributed by atoms with Crippen LogP contribution in [0.1, 0.15) is 13.3 Å². The standard InChI is InChI=1S/C10H18N4O2S2/c1-3-8(7-17-2)14-18(15,16)9-4-5-12-10(6-9)13-11/h4-6,8,14H,3,7,11H2,1-2H3,(H,12,13). The van der Waals surface area contributed by atoms with Crippen LogP contribution in [-0.4, -0.2) is 31.5 Å². The molecule has 1 heterocycles. The molecule has 8 heteroatoms. The molecule has 18 heavy (non-hydrogen) atoms. The number of nitrogen functional groups attached to an aromatic ring is 1. The van der Waals surface area contributed by atoms with Gasteiger partial charge in [-0.1, -0.05) is 6.92 Å². The first kappa shape index (κ1) is 15.2. The molecule has 0 aliphatic carbocycles. The van der Waals surface area contributed by atoms with Crippen LogP contribution in [0.5, 0.6) is 0 Å². The summed E-state index contributed by atoms with van der Waals surface area (Å²) >= 11 is 1.61. The number of hydrogen-bond acceptors (Lipinski definition) is 6. The van der Waals surface area contributed by atoms with Crippen LogP contribution < -0.4 is 16.0 Å². The normalized spacial score (nSPS) is 13.3. The zero-order valence-electron chi connectivity index (χ0n) is 10.4. The summed E-state index contributed by atoms with van der Waals surface area (Å²) in [6.07, 6.45) is 4.09. The highest BCUT2D eigenvalue weighted by Gasteiger charge is 2.19. The number of hydrogen-bond donors (Lipinski definition) is 3. The van der Waals surface area contributed by atoms with Crippen molar-refractivity contribution in [1.29, 1.82) is 0 Å². The molecule has 0 aromatic carbocycles. The monoisotopic (exact) mass is 290 g/mol. The summed E-state index contributed by atoms with van der Waals surface area (Å²) in [6, 6.07) is 2.76. The molecule has 0 radical (unpaired) electrons. The van der Waals surface area contributed by atoms with Gasteiger partial charge in [0.15, 0.2) is 0 Å². The van der Waals surface area contributed by atoms with Crippen molar-refractivity contribution in [3.05, 3.63) is 18.3 Å². The molecule has 1 aromatic heterocycles. The number of thioether (sulfide) groups is 1. The van der Waals surface area contributed by atoms with Crippen molar-refractivity contribution in [2.24, 2.45) is 5.84 Å². The lowest BCUT2D eigenvalue weighted by atomic mass is 10.3. The predicted octanol–water partition coefficient (Wildman–Crippen LogP) is 0.787. The predicted molar refractivity (Wildman–Crippen MR) is 74.8 cm³/mol. The van der Waals surface area contributed by atoms with E-state index in [1.807, 2.05) is 13.2 Å². The van der Waals surface area contributed by atoms with E-state index in [9.17, 15) is 8.42 Å². The van der Waals surface area contributed by atoms with Crippen molar-refractivity contribution in [2.75, 3.05) is 17.4 Å². The fourth-order valence-corrected chi connectivity index (χ4v) is 3.54. The second kappa shape index (κ2) is 6.93. The lowest BCUT2D eigenvalue weighted by molar-refractivity contribution is 0.558. The van der Waals surface area contributed by atoms with Gasteiger partial charge < -0.3 is 5.43 Å². The van der Waals surface area contributed by atoms with E-state index in [1.165, 1.54) is 18.3 Å². The Morgan fingerprint density at radius 1 is 1.56 bits per heavy atom. The Hall–Kier alpha value is -0.830. The lowest BCUT2D eigenvalue weighted by Gasteiger charge is -2.16. The Bertz CT molecular complexity index is 479. The third kappa shape index (κ3) is 4.13. The maximum Gasteiger partial charge on any atom is 0.241 e. The molecule has 0 bridgehead atoms. The minimum atomic E-state index is -3.53. The van der Waals surface area contributed by atoms with Gasteiger partial charge in [-0.15, -0.1) is 0 Å². The number of hydrazine groups is 1. The van der Waals surface area contributed by atoms with E-state index >= 15 is 0 Å². The molecule has 0 aliphatic heterocycles. The quantitative estimate of drug-likeness (QED) is 0.507. The zero-order valence-corrected chi connectivity index (χ0v) is 12.0. The number of nitrogens with two attached hydrogens (primary N) is 1. The molecule has 0 spiro atoms. The molecule has 0 saturated carbocycles. The van der Waals surface area contributed by atoms with Crippen LogP contribution in [0.3, 0.4) is 0 Å². The largest absolute Gasteiger partial charge is 0.308 e. The van der Waals surface area contributed by atoms with Crippen LogP contribution in [0, 0.1) is 0 Å². The number of anilines is 1. The fourth-order valence-electron chi connectivity index (χ4n) is 1.38. The van der Waals surface area contributed by atoms with E-state index in [0.717, 1.165) is 12.2 Å². The van der Waals surface area contributed by atoms with Crippen molar-refractivity contribution in [1.82, 2.24) is 9.71 Å². The number of nitrogens with zero attached hydrogens (tertiary/aromatic N) is 1. The first-order valence-electron chi connectivity index (χ1n) is 5.47. The van der Waals surface area contributed by atoms with Crippen LogP contribution in [0.4, 0.5) is 5.82 Å². The maximum absolute atomic E-state index is 12.1. The van der Waals surface area contributed by atoms with Crippen LogP contribution in [0.25, 0.3) is 0 Å². The second-order valence-electron chi connectivity index (χ2n) is 3.70. The molecular formula is C10H18N4O2S2. The molecule has 1 atom stereocenters. The minimum absolute atomic E-state index is 0.0764. The lowest BCUT2D eigenvalue weighted by Crippen LogP contribution is -2.36. The van der Waals surface area contributed by atoms with Crippen molar-refractivity contribution >= 4 is 27.6 Å². The third-order valence-corrected chi connectivity index (χ3v) is 4.63. The van der Waals surface area contributed by atoms with E-state index in [1.54, 1.807) is 11.8 Å². The Labute approximate surface area is 112 Å². The summed E-state index contributed by atoms with van der Waals surface area (Å²) < 4.78 is 26.9. The molecular weight excluding hydrogens is 272 g/mol. The molecule has 0 amide bonds. The summed E-state index contributed by atoms with van der Waals surface area (Å²) in [4.78, 5) is 4.03. The molecule has 6 nitrogen and oxygen atoms in total. The van der Waals surface area contributed by atoms with Gasteiger partial charge in [0.25, 0.3) is 0 Å². The van der Waals surface area contributed by atoms with Crippen molar-refractivity contribution in [3.8, 4) is 0 Å². The summed E-state index contributed by atoms with van der Waals surface area (Å²) in [5, 5.41) is 0. The summed E-state index contributed by atoms with van der Waals surface area (Å²) in [7, 11) is -3.53. The zero-order chi connectivity index (χ0) is 13.6. The van der Waals surface area contributed by atoms with Crippen molar-refractivity contribution in [2.45, 2.75) is 24.3 Å². The average molecular weight is 290 g/mol. The number of nitrogens with one attached hydrogen (secondary N) is 2. The Balaban J connectivity index is 2.91. The van der Waals surface area contributed by atoms with Gasteiger partial charge in [-0.3, -0.25) is 0 Å². The fraction of sp³-hybridized carbons (Fsp3) is 0.500. The van der Waals surface area contributed by atoms with Crippen molar-refractivity contribution in [3.63, 3.8) is 0 Å². The van der Waals surface area contributed by atoms with Gasteiger partial charge in [-0.25, -0.2) is 24.0 Å². The van der Waals surface area contributed by atoms with Gasteiger partial charge in [0.2, 0.25) is 10.0 Å². The van der Waals surface area contributed by atoms with E-state index < -0.39 is 10.0 Å². The van der Waals surface area contributed by atoms with Gasteiger partial charge in [-0.2, -0.15) is 11.8 Å². The van der Waals surface area contributed by atoms with E-state index in [2.05, 4.69) is 15.1 Å². The second-order valence-corrected chi connectivity index (χ2v) is 6.33. The van der Waals surface area contributed by atoms with Crippen LogP contribution in [-0.2, 0) is 10.0 Å². The number of sulfonamides is 1.